The normalized spacial score (nSPS) is 22.5. The number of carbonyl (C=O) groups is 1. The highest BCUT2D eigenvalue weighted by atomic mass is 32.2. The molecule has 0 spiro atoms. The van der Waals surface area contributed by atoms with Gasteiger partial charge in [-0.05, 0) is 31.5 Å². The number of anilines is 1. The van der Waals surface area contributed by atoms with Gasteiger partial charge in [-0.25, -0.2) is 8.42 Å². The van der Waals surface area contributed by atoms with Crippen molar-refractivity contribution < 1.29 is 13.2 Å². The number of aromatic amines is 1. The first kappa shape index (κ1) is 18.1. The van der Waals surface area contributed by atoms with E-state index in [1.165, 1.54) is 16.6 Å². The second-order valence-corrected chi connectivity index (χ2v) is 8.90. The fourth-order valence-corrected chi connectivity index (χ4v) is 5.09. The van der Waals surface area contributed by atoms with Gasteiger partial charge in [-0.1, -0.05) is 17.7 Å². The highest BCUT2D eigenvalue weighted by Gasteiger charge is 2.39. The summed E-state index contributed by atoms with van der Waals surface area (Å²) in [5.74, 6) is 0.101. The quantitative estimate of drug-likeness (QED) is 0.837. The first-order valence-corrected chi connectivity index (χ1v) is 10.5. The molecule has 1 atom stereocenters. The van der Waals surface area contributed by atoms with E-state index in [2.05, 4.69) is 15.1 Å². The Labute approximate surface area is 158 Å². The zero-order valence-corrected chi connectivity index (χ0v) is 16.0. The monoisotopic (exact) mass is 389 g/mol. The van der Waals surface area contributed by atoms with E-state index < -0.39 is 10.0 Å². The zero-order chi connectivity index (χ0) is 19.0. The Morgan fingerprint density at radius 3 is 2.37 bits per heavy atom. The summed E-state index contributed by atoms with van der Waals surface area (Å²) in [5.41, 5.74) is 2.09. The molecular weight excluding hydrogens is 366 g/mol. The number of aromatic nitrogens is 2. The van der Waals surface area contributed by atoms with Crippen LogP contribution in [0.4, 0.5) is 5.69 Å². The lowest BCUT2D eigenvalue weighted by Crippen LogP contribution is -2.53. The number of carbonyl (C=O) groups excluding carboxylic acids is 1. The molecule has 144 valence electrons. The van der Waals surface area contributed by atoms with Crippen LogP contribution in [0.5, 0.6) is 0 Å². The Balaban J connectivity index is 1.40. The number of benzene rings is 1. The molecule has 2 aliphatic rings. The number of nitrogens with zero attached hydrogens (tertiary/aromatic N) is 4. The molecule has 9 heteroatoms. The van der Waals surface area contributed by atoms with Gasteiger partial charge in [-0.3, -0.25) is 14.8 Å². The van der Waals surface area contributed by atoms with Crippen molar-refractivity contribution in [3.63, 3.8) is 0 Å². The number of nitrogens with one attached hydrogen (secondary N) is 1. The molecule has 1 aromatic carbocycles. The standard InChI is InChI=1S/C18H23N5O3S/c1-14-2-4-15(5-3-14)23-9-7-16(18(23)24)21-10-12-22(13-11-21)27(25,26)17-6-8-19-20-17/h2-6,8,16H,7,9-13H2,1H3,(H,19,20)/t16-/m1/s1. The van der Waals surface area contributed by atoms with Crippen LogP contribution in [0.15, 0.2) is 41.6 Å². The van der Waals surface area contributed by atoms with Crippen LogP contribution in [0.3, 0.4) is 0 Å². The number of amides is 1. The van der Waals surface area contributed by atoms with Gasteiger partial charge >= 0.3 is 0 Å². The predicted molar refractivity (Wildman–Crippen MR) is 101 cm³/mol. The van der Waals surface area contributed by atoms with Crippen molar-refractivity contribution in [3.8, 4) is 0 Å². The maximum Gasteiger partial charge on any atom is 0.260 e. The number of sulfonamides is 1. The summed E-state index contributed by atoms with van der Waals surface area (Å²) in [5, 5.41) is 6.35. The van der Waals surface area contributed by atoms with Crippen LogP contribution in [0.25, 0.3) is 0 Å². The number of rotatable bonds is 4. The molecule has 0 radical (unpaired) electrons. The SMILES string of the molecule is Cc1ccc(N2CC[C@@H](N3CCN(S(=O)(=O)c4ccn[nH]4)CC3)C2=O)cc1. The van der Waals surface area contributed by atoms with Gasteiger partial charge in [0.05, 0.1) is 12.2 Å². The van der Waals surface area contributed by atoms with Crippen LogP contribution in [0.1, 0.15) is 12.0 Å². The van der Waals surface area contributed by atoms with Crippen molar-refractivity contribution in [3.05, 3.63) is 42.1 Å². The van der Waals surface area contributed by atoms with Gasteiger partial charge in [-0.2, -0.15) is 9.40 Å². The lowest BCUT2D eigenvalue weighted by atomic mass is 10.2. The topological polar surface area (TPSA) is 89.6 Å². The van der Waals surface area contributed by atoms with Crippen LogP contribution < -0.4 is 4.90 Å². The molecule has 1 amide bonds. The average Bonchev–Trinajstić information content (AvgIpc) is 3.33. The molecule has 1 N–H and O–H groups in total. The van der Waals surface area contributed by atoms with E-state index in [9.17, 15) is 13.2 Å². The summed E-state index contributed by atoms with van der Waals surface area (Å²) in [6.45, 7) is 4.55. The summed E-state index contributed by atoms with van der Waals surface area (Å²) in [7, 11) is -3.54. The van der Waals surface area contributed by atoms with Crippen LogP contribution in [-0.2, 0) is 14.8 Å². The van der Waals surface area contributed by atoms with Crippen LogP contribution in [0, 0.1) is 6.92 Å². The van der Waals surface area contributed by atoms with Gasteiger partial charge in [0.2, 0.25) is 5.91 Å². The molecule has 2 aliphatic heterocycles. The van der Waals surface area contributed by atoms with Crippen LogP contribution >= 0.6 is 0 Å². The van der Waals surface area contributed by atoms with Crippen molar-refractivity contribution in [2.24, 2.45) is 0 Å². The molecule has 2 aromatic rings. The van der Waals surface area contributed by atoms with E-state index in [4.69, 9.17) is 0 Å². The fraction of sp³-hybridized carbons (Fsp3) is 0.444. The second kappa shape index (κ2) is 7.06. The summed E-state index contributed by atoms with van der Waals surface area (Å²) in [4.78, 5) is 16.8. The lowest BCUT2D eigenvalue weighted by Gasteiger charge is -2.36. The van der Waals surface area contributed by atoms with E-state index in [1.54, 1.807) is 0 Å². The maximum absolute atomic E-state index is 12.9. The molecule has 0 unspecified atom stereocenters. The Morgan fingerprint density at radius 2 is 1.74 bits per heavy atom. The summed E-state index contributed by atoms with van der Waals surface area (Å²) in [6, 6.07) is 9.25. The maximum atomic E-state index is 12.9. The van der Waals surface area contributed by atoms with Crippen molar-refractivity contribution in [2.75, 3.05) is 37.6 Å². The summed E-state index contributed by atoms with van der Waals surface area (Å²) >= 11 is 0. The second-order valence-electron chi connectivity index (χ2n) is 6.99. The van der Waals surface area contributed by atoms with Gasteiger partial charge in [0.15, 0.2) is 5.03 Å². The van der Waals surface area contributed by atoms with E-state index in [0.717, 1.165) is 17.7 Å². The van der Waals surface area contributed by atoms with Gasteiger partial charge in [0.1, 0.15) is 0 Å². The van der Waals surface area contributed by atoms with Crippen LogP contribution in [0.2, 0.25) is 0 Å². The minimum atomic E-state index is -3.54. The third-order valence-corrected chi connectivity index (χ3v) is 7.16. The van der Waals surface area contributed by atoms with Gasteiger partial charge in [0, 0.05) is 38.4 Å². The predicted octanol–water partition coefficient (Wildman–Crippen LogP) is 0.830. The molecule has 1 aromatic heterocycles. The first-order chi connectivity index (χ1) is 13.0. The Morgan fingerprint density at radius 1 is 1.04 bits per heavy atom. The van der Waals surface area contributed by atoms with E-state index in [0.29, 0.717) is 32.7 Å². The molecule has 0 aliphatic carbocycles. The van der Waals surface area contributed by atoms with Gasteiger partial charge in [-0.15, -0.1) is 0 Å². The molecule has 4 rings (SSSR count). The largest absolute Gasteiger partial charge is 0.311 e. The van der Waals surface area contributed by atoms with Crippen molar-refractivity contribution in [2.45, 2.75) is 24.4 Å². The smallest absolute Gasteiger partial charge is 0.260 e. The molecule has 2 fully saturated rings. The Kier molecular flexibility index (Phi) is 4.75. The zero-order valence-electron chi connectivity index (χ0n) is 15.2. The van der Waals surface area contributed by atoms with Crippen LogP contribution in [-0.4, -0.2) is 72.5 Å². The lowest BCUT2D eigenvalue weighted by molar-refractivity contribution is -0.122. The van der Waals surface area contributed by atoms with Crippen molar-refractivity contribution >= 4 is 21.6 Å². The first-order valence-electron chi connectivity index (χ1n) is 9.08. The molecule has 0 saturated carbocycles. The van der Waals surface area contributed by atoms with E-state index in [-0.39, 0.29) is 17.0 Å². The van der Waals surface area contributed by atoms with Crippen molar-refractivity contribution in [1.82, 2.24) is 19.4 Å². The number of piperazine rings is 1. The molecule has 3 heterocycles. The number of H-pyrrole nitrogens is 1. The molecule has 27 heavy (non-hydrogen) atoms. The molecule has 8 nitrogen and oxygen atoms in total. The third-order valence-electron chi connectivity index (χ3n) is 5.33. The average molecular weight is 389 g/mol. The highest BCUT2D eigenvalue weighted by Crippen LogP contribution is 2.26. The number of hydrogen-bond donors (Lipinski definition) is 1. The minimum absolute atomic E-state index is 0.101. The molecule has 0 bridgehead atoms. The highest BCUT2D eigenvalue weighted by molar-refractivity contribution is 7.89. The Hall–Kier alpha value is -2.23. The Bertz CT molecular complexity index is 903. The summed E-state index contributed by atoms with van der Waals surface area (Å²) < 4.78 is 26.6. The molecular formula is C18H23N5O3S. The van der Waals surface area contributed by atoms with E-state index in [1.807, 2.05) is 36.1 Å². The number of hydrogen-bond acceptors (Lipinski definition) is 5. The fourth-order valence-electron chi connectivity index (χ4n) is 3.77. The minimum Gasteiger partial charge on any atom is -0.311 e. The molecule has 2 saturated heterocycles. The van der Waals surface area contributed by atoms with Crippen molar-refractivity contribution in [1.29, 1.82) is 0 Å². The summed E-state index contributed by atoms with van der Waals surface area (Å²) in [6.07, 6.45) is 2.19. The van der Waals surface area contributed by atoms with E-state index >= 15 is 0 Å². The van der Waals surface area contributed by atoms with Gasteiger partial charge < -0.3 is 4.90 Å². The van der Waals surface area contributed by atoms with Gasteiger partial charge in [0.25, 0.3) is 10.0 Å². The third kappa shape index (κ3) is 3.38. The number of aryl methyl sites for hydroxylation is 1.